The monoisotopic (exact) mass is 290 g/mol. The Morgan fingerprint density at radius 1 is 0.909 bits per heavy atom. The van der Waals surface area contributed by atoms with Gasteiger partial charge < -0.3 is 10.2 Å². The summed E-state index contributed by atoms with van der Waals surface area (Å²) in [6.45, 7) is 6.28. The van der Waals surface area contributed by atoms with E-state index >= 15 is 0 Å². The number of aromatic nitrogens is 1. The normalized spacial score (nSPS) is 11.6. The van der Waals surface area contributed by atoms with Crippen LogP contribution in [0.1, 0.15) is 16.8 Å². The summed E-state index contributed by atoms with van der Waals surface area (Å²) in [4.78, 5) is 0. The van der Waals surface area contributed by atoms with Crippen molar-refractivity contribution in [2.24, 2.45) is 0 Å². The van der Waals surface area contributed by atoms with E-state index in [2.05, 4.69) is 42.7 Å². The zero-order valence-electron chi connectivity index (χ0n) is 13.0. The van der Waals surface area contributed by atoms with Crippen molar-refractivity contribution in [3.8, 4) is 5.69 Å². The first-order chi connectivity index (χ1) is 10.6. The number of furan rings is 1. The van der Waals surface area contributed by atoms with Gasteiger partial charge in [-0.3, -0.25) is 4.57 Å². The van der Waals surface area contributed by atoms with Gasteiger partial charge in [0.2, 0.25) is 5.71 Å². The highest BCUT2D eigenvalue weighted by Gasteiger charge is 2.21. The average molecular weight is 290 g/mol. The van der Waals surface area contributed by atoms with Crippen molar-refractivity contribution < 1.29 is 4.42 Å². The molecule has 2 heterocycles. The van der Waals surface area contributed by atoms with Crippen molar-refractivity contribution >= 4 is 27.8 Å². The van der Waals surface area contributed by atoms with E-state index in [1.165, 1.54) is 11.1 Å². The summed E-state index contributed by atoms with van der Waals surface area (Å²) >= 11 is 0. The molecule has 3 nitrogen and oxygen atoms in total. The number of fused-ring (bicyclic) bond motifs is 3. The molecule has 0 atom stereocenters. The fourth-order valence-electron chi connectivity index (χ4n) is 3.33. The number of para-hydroxylation sites is 2. The van der Waals surface area contributed by atoms with Crippen LogP contribution in [0.4, 0.5) is 5.69 Å². The van der Waals surface area contributed by atoms with Crippen LogP contribution in [0, 0.1) is 20.8 Å². The Balaban J connectivity index is 2.21. The van der Waals surface area contributed by atoms with E-state index in [1.807, 2.05) is 25.1 Å². The van der Waals surface area contributed by atoms with Crippen LogP contribution in [0.5, 0.6) is 0 Å². The molecule has 0 bridgehead atoms. The van der Waals surface area contributed by atoms with Crippen LogP contribution in [-0.4, -0.2) is 4.57 Å². The zero-order chi connectivity index (χ0) is 15.4. The maximum atomic E-state index is 6.41. The molecule has 0 unspecified atom stereocenters. The van der Waals surface area contributed by atoms with Gasteiger partial charge in [-0.05, 0) is 38.0 Å². The predicted octanol–water partition coefficient (Wildman–Crippen LogP) is 4.88. The molecule has 110 valence electrons. The lowest BCUT2D eigenvalue weighted by atomic mass is 10.1. The lowest BCUT2D eigenvalue weighted by Crippen LogP contribution is -2.02. The summed E-state index contributed by atoms with van der Waals surface area (Å²) < 4.78 is 8.28. The Morgan fingerprint density at radius 2 is 1.59 bits per heavy atom. The number of hydrogen-bond acceptors (Lipinski definition) is 2. The van der Waals surface area contributed by atoms with E-state index in [9.17, 15) is 0 Å². The van der Waals surface area contributed by atoms with Crippen LogP contribution in [0.3, 0.4) is 0 Å². The number of hydrogen-bond donors (Lipinski definition) is 1. The molecule has 0 aliphatic heterocycles. The van der Waals surface area contributed by atoms with Crippen molar-refractivity contribution in [1.82, 2.24) is 4.57 Å². The second-order valence-electron chi connectivity index (χ2n) is 5.85. The number of nitrogens with two attached hydrogens (primary N) is 1. The third-order valence-electron chi connectivity index (χ3n) is 4.44. The van der Waals surface area contributed by atoms with Crippen LogP contribution in [0.2, 0.25) is 0 Å². The summed E-state index contributed by atoms with van der Waals surface area (Å²) in [5.74, 6) is 0. The third-order valence-corrected chi connectivity index (χ3v) is 4.44. The molecule has 0 spiro atoms. The summed E-state index contributed by atoms with van der Waals surface area (Å²) in [6.07, 6.45) is 0. The number of anilines is 1. The molecular formula is C19H18N2O. The molecule has 2 aromatic carbocycles. The van der Waals surface area contributed by atoms with Crippen molar-refractivity contribution in [3.63, 3.8) is 0 Å². The number of aryl methyl sites for hydroxylation is 2. The summed E-state index contributed by atoms with van der Waals surface area (Å²) in [5, 5.41) is 2.08. The minimum Gasteiger partial charge on any atom is -0.439 e. The lowest BCUT2D eigenvalue weighted by molar-refractivity contribution is 0.639. The molecular weight excluding hydrogens is 272 g/mol. The molecule has 0 saturated heterocycles. The summed E-state index contributed by atoms with van der Waals surface area (Å²) in [7, 11) is 0. The molecule has 0 aliphatic rings. The van der Waals surface area contributed by atoms with Crippen LogP contribution < -0.4 is 5.73 Å². The van der Waals surface area contributed by atoms with Gasteiger partial charge >= 0.3 is 0 Å². The van der Waals surface area contributed by atoms with E-state index in [4.69, 9.17) is 10.2 Å². The number of rotatable bonds is 1. The molecule has 0 saturated carbocycles. The topological polar surface area (TPSA) is 44.1 Å². The van der Waals surface area contributed by atoms with E-state index < -0.39 is 0 Å². The Hall–Kier alpha value is -2.68. The Morgan fingerprint density at radius 3 is 2.32 bits per heavy atom. The Labute approximate surface area is 129 Å². The van der Waals surface area contributed by atoms with E-state index in [1.54, 1.807) is 0 Å². The second-order valence-corrected chi connectivity index (χ2v) is 5.85. The fraction of sp³-hybridized carbons (Fsp3) is 0.158. The SMILES string of the molecule is Cc1cccc(C)c1-n1c(C)c(N)c2c3ccccc3oc21. The van der Waals surface area contributed by atoms with Crippen molar-refractivity contribution in [2.45, 2.75) is 20.8 Å². The number of nitrogen functional groups attached to an aromatic ring is 1. The highest BCUT2D eigenvalue weighted by Crippen LogP contribution is 2.39. The van der Waals surface area contributed by atoms with E-state index in [-0.39, 0.29) is 0 Å². The van der Waals surface area contributed by atoms with Gasteiger partial charge in [0.1, 0.15) is 5.58 Å². The number of benzene rings is 2. The Kier molecular flexibility index (Phi) is 2.61. The van der Waals surface area contributed by atoms with Crippen LogP contribution in [0.15, 0.2) is 46.9 Å². The van der Waals surface area contributed by atoms with Gasteiger partial charge in [-0.1, -0.05) is 36.4 Å². The molecule has 4 rings (SSSR count). The minimum atomic E-state index is 0.794. The van der Waals surface area contributed by atoms with Crippen LogP contribution in [0.25, 0.3) is 27.8 Å². The quantitative estimate of drug-likeness (QED) is 0.542. The first kappa shape index (κ1) is 13.0. The number of nitrogens with zero attached hydrogens (tertiary/aromatic N) is 1. The first-order valence-corrected chi connectivity index (χ1v) is 7.44. The van der Waals surface area contributed by atoms with Gasteiger partial charge in [-0.25, -0.2) is 0 Å². The highest BCUT2D eigenvalue weighted by atomic mass is 16.3. The van der Waals surface area contributed by atoms with Gasteiger partial charge in [-0.2, -0.15) is 0 Å². The molecule has 0 aliphatic carbocycles. The van der Waals surface area contributed by atoms with Crippen LogP contribution in [-0.2, 0) is 0 Å². The molecule has 0 amide bonds. The lowest BCUT2D eigenvalue weighted by Gasteiger charge is -2.13. The van der Waals surface area contributed by atoms with E-state index in [0.29, 0.717) is 0 Å². The molecule has 0 fully saturated rings. The van der Waals surface area contributed by atoms with Gasteiger partial charge in [0.05, 0.1) is 16.8 Å². The van der Waals surface area contributed by atoms with Gasteiger partial charge in [0.25, 0.3) is 0 Å². The minimum absolute atomic E-state index is 0.794. The van der Waals surface area contributed by atoms with Crippen molar-refractivity contribution in [2.75, 3.05) is 5.73 Å². The smallest absolute Gasteiger partial charge is 0.215 e. The van der Waals surface area contributed by atoms with Gasteiger partial charge in [-0.15, -0.1) is 0 Å². The maximum absolute atomic E-state index is 6.41. The average Bonchev–Trinajstić information content (AvgIpc) is 2.98. The molecule has 0 radical (unpaired) electrons. The molecule has 22 heavy (non-hydrogen) atoms. The van der Waals surface area contributed by atoms with Crippen molar-refractivity contribution in [3.05, 3.63) is 59.3 Å². The predicted molar refractivity (Wildman–Crippen MR) is 91.7 cm³/mol. The standard InChI is InChI=1S/C19H18N2O/c1-11-7-6-8-12(2)18(11)21-13(3)17(20)16-14-9-4-5-10-15(14)22-19(16)21/h4-10H,20H2,1-3H3. The second kappa shape index (κ2) is 4.41. The Bertz CT molecular complexity index is 1000. The molecule has 2 N–H and O–H groups in total. The molecule has 2 aromatic heterocycles. The maximum Gasteiger partial charge on any atom is 0.215 e. The largest absolute Gasteiger partial charge is 0.439 e. The van der Waals surface area contributed by atoms with Gasteiger partial charge in [0, 0.05) is 11.1 Å². The van der Waals surface area contributed by atoms with Gasteiger partial charge in [0.15, 0.2) is 0 Å². The highest BCUT2D eigenvalue weighted by molar-refractivity contribution is 6.11. The first-order valence-electron chi connectivity index (χ1n) is 7.44. The third kappa shape index (κ3) is 1.56. The zero-order valence-corrected chi connectivity index (χ0v) is 13.0. The summed E-state index contributed by atoms with van der Waals surface area (Å²) in [6, 6.07) is 14.4. The fourth-order valence-corrected chi connectivity index (χ4v) is 3.33. The molecule has 3 heteroatoms. The van der Waals surface area contributed by atoms with Crippen molar-refractivity contribution in [1.29, 1.82) is 0 Å². The van der Waals surface area contributed by atoms with E-state index in [0.717, 1.165) is 39.1 Å². The van der Waals surface area contributed by atoms with Crippen LogP contribution >= 0.6 is 0 Å². The molecule has 4 aromatic rings. The summed E-state index contributed by atoms with van der Waals surface area (Å²) in [5.41, 5.74) is 13.5.